The minimum absolute atomic E-state index is 0.00971. The van der Waals surface area contributed by atoms with Gasteiger partial charge in [-0.15, -0.1) is 0 Å². The molecule has 2 aliphatic rings. The predicted molar refractivity (Wildman–Crippen MR) is 139 cm³/mol. The number of anilines is 2. The molecule has 1 amide bonds. The molecule has 2 saturated heterocycles. The normalized spacial score (nSPS) is 17.1. The fourth-order valence-corrected chi connectivity index (χ4v) is 6.58. The van der Waals surface area contributed by atoms with Gasteiger partial charge in [-0.1, -0.05) is 35.9 Å². The quantitative estimate of drug-likeness (QED) is 0.506. The summed E-state index contributed by atoms with van der Waals surface area (Å²) in [5.41, 5.74) is 1.90. The van der Waals surface area contributed by atoms with Crippen molar-refractivity contribution in [3.63, 3.8) is 0 Å². The maximum Gasteiger partial charge on any atom is 0.292 e. The number of aromatic nitrogens is 2. The lowest BCUT2D eigenvalue weighted by Crippen LogP contribution is -2.49. The van der Waals surface area contributed by atoms with Gasteiger partial charge in [0.2, 0.25) is 15.9 Å². The Hall–Kier alpha value is -3.21. The van der Waals surface area contributed by atoms with Gasteiger partial charge in [0, 0.05) is 44.8 Å². The molecule has 11 heteroatoms. The van der Waals surface area contributed by atoms with Gasteiger partial charge in [0.1, 0.15) is 5.02 Å². The van der Waals surface area contributed by atoms with Gasteiger partial charge in [-0.05, 0) is 43.2 Å². The molecule has 3 heterocycles. The number of benzene rings is 2. The lowest BCUT2D eigenvalue weighted by atomic mass is 10.2. The number of piperazine rings is 1. The highest BCUT2D eigenvalue weighted by molar-refractivity contribution is 7.89. The smallest absolute Gasteiger partial charge is 0.292 e. The topological polar surface area (TPSA) is 95.8 Å². The van der Waals surface area contributed by atoms with E-state index in [2.05, 4.69) is 5.10 Å². The summed E-state index contributed by atoms with van der Waals surface area (Å²) in [5.74, 6) is 0.00971. The Morgan fingerprint density at radius 2 is 1.64 bits per heavy atom. The number of aryl methyl sites for hydroxylation is 1. The van der Waals surface area contributed by atoms with E-state index in [4.69, 9.17) is 11.6 Å². The molecule has 188 valence electrons. The van der Waals surface area contributed by atoms with Crippen molar-refractivity contribution in [1.82, 2.24) is 14.1 Å². The van der Waals surface area contributed by atoms with E-state index in [9.17, 15) is 18.0 Å². The van der Waals surface area contributed by atoms with Crippen LogP contribution < -0.4 is 15.4 Å². The third-order valence-corrected chi connectivity index (χ3v) is 9.05. The molecule has 36 heavy (non-hydrogen) atoms. The van der Waals surface area contributed by atoms with E-state index < -0.39 is 15.6 Å². The van der Waals surface area contributed by atoms with E-state index in [1.54, 1.807) is 48.4 Å². The number of para-hydroxylation sites is 1. The van der Waals surface area contributed by atoms with E-state index in [0.717, 1.165) is 6.42 Å². The third-order valence-electron chi connectivity index (χ3n) is 6.66. The van der Waals surface area contributed by atoms with Gasteiger partial charge in [-0.2, -0.15) is 14.1 Å². The molecule has 0 spiro atoms. The maximum absolute atomic E-state index is 13.5. The first-order valence-corrected chi connectivity index (χ1v) is 13.6. The summed E-state index contributed by atoms with van der Waals surface area (Å²) in [4.78, 5) is 28.7. The van der Waals surface area contributed by atoms with Gasteiger partial charge >= 0.3 is 0 Å². The number of amides is 1. The average molecular weight is 528 g/mol. The van der Waals surface area contributed by atoms with Gasteiger partial charge in [0.25, 0.3) is 5.56 Å². The van der Waals surface area contributed by atoms with Crippen molar-refractivity contribution in [3.05, 3.63) is 75.7 Å². The molecule has 0 saturated carbocycles. The summed E-state index contributed by atoms with van der Waals surface area (Å²) in [5, 5.41) is 4.32. The van der Waals surface area contributed by atoms with Gasteiger partial charge in [-0.25, -0.2) is 8.42 Å². The molecule has 0 atom stereocenters. The van der Waals surface area contributed by atoms with Gasteiger partial charge in [0.15, 0.2) is 0 Å². The van der Waals surface area contributed by atoms with Crippen LogP contribution in [0.15, 0.2) is 64.4 Å². The molecule has 5 rings (SSSR count). The summed E-state index contributed by atoms with van der Waals surface area (Å²) < 4.78 is 29.8. The number of hydrogen-bond donors (Lipinski definition) is 0. The van der Waals surface area contributed by atoms with Crippen LogP contribution in [0.3, 0.4) is 0 Å². The van der Waals surface area contributed by atoms with E-state index in [0.29, 0.717) is 48.7 Å². The van der Waals surface area contributed by atoms with Crippen LogP contribution in [0.1, 0.15) is 18.4 Å². The number of rotatable bonds is 5. The Labute approximate surface area is 214 Å². The zero-order chi connectivity index (χ0) is 25.4. The van der Waals surface area contributed by atoms with Gasteiger partial charge in [-0.3, -0.25) is 9.59 Å². The van der Waals surface area contributed by atoms with E-state index in [1.807, 2.05) is 23.1 Å². The van der Waals surface area contributed by atoms with Crippen LogP contribution in [0, 0.1) is 6.92 Å². The van der Waals surface area contributed by atoms with E-state index in [1.165, 1.54) is 8.99 Å². The first-order valence-electron chi connectivity index (χ1n) is 11.8. The highest BCUT2D eigenvalue weighted by Crippen LogP contribution is 2.30. The van der Waals surface area contributed by atoms with Crippen molar-refractivity contribution in [2.75, 3.05) is 42.5 Å². The van der Waals surface area contributed by atoms with Crippen molar-refractivity contribution in [3.8, 4) is 5.69 Å². The number of sulfonamides is 1. The summed E-state index contributed by atoms with van der Waals surface area (Å²) in [6.45, 7) is 3.53. The monoisotopic (exact) mass is 527 g/mol. The molecular weight excluding hydrogens is 502 g/mol. The largest absolute Gasteiger partial charge is 0.366 e. The summed E-state index contributed by atoms with van der Waals surface area (Å²) in [7, 11) is -3.77. The van der Waals surface area contributed by atoms with Crippen LogP contribution in [0.25, 0.3) is 5.69 Å². The summed E-state index contributed by atoms with van der Waals surface area (Å²) in [6.07, 6.45) is 2.79. The average Bonchev–Trinajstić information content (AvgIpc) is 3.32. The Kier molecular flexibility index (Phi) is 6.59. The fourth-order valence-electron chi connectivity index (χ4n) is 4.66. The number of nitrogens with zero attached hydrogens (tertiary/aromatic N) is 5. The molecule has 9 nitrogen and oxygen atoms in total. The minimum Gasteiger partial charge on any atom is -0.366 e. The Morgan fingerprint density at radius 1 is 0.917 bits per heavy atom. The van der Waals surface area contributed by atoms with Crippen molar-refractivity contribution >= 4 is 38.9 Å². The number of carbonyl (C=O) groups is 1. The lowest BCUT2D eigenvalue weighted by Gasteiger charge is -2.35. The Bertz CT molecular complexity index is 1470. The second-order valence-corrected chi connectivity index (χ2v) is 11.2. The van der Waals surface area contributed by atoms with Gasteiger partial charge < -0.3 is 9.80 Å². The van der Waals surface area contributed by atoms with Gasteiger partial charge in [0.05, 0.1) is 22.5 Å². The zero-order valence-corrected chi connectivity index (χ0v) is 21.4. The number of halogens is 1. The maximum atomic E-state index is 13.5. The van der Waals surface area contributed by atoms with Crippen molar-refractivity contribution in [2.24, 2.45) is 0 Å². The minimum atomic E-state index is -3.77. The standard InChI is InChI=1S/C25H26ClN5O4S/c1-18-9-10-20(30-11-5-8-23(30)32)16-22(18)36(34,35)29-14-12-28(13-15-29)21-17-27-31(25(33)24(21)26)19-6-3-2-4-7-19/h2-4,6-7,9-10,16-17H,5,8,11-15H2,1H3. The van der Waals surface area contributed by atoms with Crippen molar-refractivity contribution in [1.29, 1.82) is 0 Å². The Morgan fingerprint density at radius 3 is 2.31 bits per heavy atom. The molecule has 0 bridgehead atoms. The SMILES string of the molecule is Cc1ccc(N2CCCC2=O)cc1S(=O)(=O)N1CCN(c2cnn(-c3ccccc3)c(=O)c2Cl)CC1. The van der Waals surface area contributed by atoms with Crippen molar-refractivity contribution in [2.45, 2.75) is 24.7 Å². The lowest BCUT2D eigenvalue weighted by molar-refractivity contribution is -0.117. The van der Waals surface area contributed by atoms with Crippen LogP contribution in [0.4, 0.5) is 11.4 Å². The molecule has 2 aliphatic heterocycles. The number of carbonyl (C=O) groups excluding carboxylic acids is 1. The fraction of sp³-hybridized carbons (Fsp3) is 0.320. The van der Waals surface area contributed by atoms with E-state index >= 15 is 0 Å². The molecule has 0 unspecified atom stereocenters. The van der Waals surface area contributed by atoms with Crippen LogP contribution >= 0.6 is 11.6 Å². The predicted octanol–water partition coefficient (Wildman–Crippen LogP) is 2.83. The highest BCUT2D eigenvalue weighted by atomic mass is 35.5. The molecule has 0 aliphatic carbocycles. The molecular formula is C25H26ClN5O4S. The molecule has 2 aromatic carbocycles. The molecule has 0 N–H and O–H groups in total. The first-order chi connectivity index (χ1) is 17.3. The second kappa shape index (κ2) is 9.68. The first kappa shape index (κ1) is 24.5. The molecule has 3 aromatic rings. The van der Waals surface area contributed by atoms with Crippen LogP contribution in [-0.2, 0) is 14.8 Å². The number of hydrogen-bond acceptors (Lipinski definition) is 6. The van der Waals surface area contributed by atoms with Crippen LogP contribution in [-0.4, -0.2) is 61.1 Å². The molecule has 0 radical (unpaired) electrons. The molecule has 1 aromatic heterocycles. The Balaban J connectivity index is 1.35. The zero-order valence-electron chi connectivity index (χ0n) is 19.8. The van der Waals surface area contributed by atoms with Crippen LogP contribution in [0.2, 0.25) is 5.02 Å². The van der Waals surface area contributed by atoms with E-state index in [-0.39, 0.29) is 28.9 Å². The molecule has 2 fully saturated rings. The van der Waals surface area contributed by atoms with Crippen molar-refractivity contribution < 1.29 is 13.2 Å². The summed E-state index contributed by atoms with van der Waals surface area (Å²) in [6, 6.07) is 14.2. The summed E-state index contributed by atoms with van der Waals surface area (Å²) >= 11 is 6.44. The third kappa shape index (κ3) is 4.40. The second-order valence-electron chi connectivity index (χ2n) is 8.89. The highest BCUT2D eigenvalue weighted by Gasteiger charge is 2.32. The van der Waals surface area contributed by atoms with Crippen LogP contribution in [0.5, 0.6) is 0 Å².